The van der Waals surface area contributed by atoms with Crippen LogP contribution in [0.1, 0.15) is 78.8 Å². The SMILES string of the molecule is C.CC(=O)N1CCC(n2nnc3c(F)cc(/C=C(\C)[C@H]4OC(=O)C[C@H](O)CC[C@H](C)[C@@H](OC(=O)N5CCNCC5)/C=C/[C@@H]4C)cc32)CC1. The number of fused-ring (bicyclic) bond motifs is 1. The van der Waals surface area contributed by atoms with Crippen molar-refractivity contribution in [2.24, 2.45) is 11.8 Å². The molecule has 13 heteroatoms. The van der Waals surface area contributed by atoms with Gasteiger partial charge in [0.15, 0.2) is 5.82 Å². The Morgan fingerprint density at radius 2 is 1.75 bits per heavy atom. The Bertz CT molecular complexity index is 1500. The fraction of sp³-hybridized carbons (Fsp3) is 0.629. The third-order valence-corrected chi connectivity index (χ3v) is 9.52. The number of piperazine rings is 1. The monoisotopic (exact) mass is 670 g/mol. The minimum Gasteiger partial charge on any atom is -0.457 e. The molecule has 2 fully saturated rings. The van der Waals surface area contributed by atoms with Crippen LogP contribution < -0.4 is 5.32 Å². The van der Waals surface area contributed by atoms with Crippen LogP contribution >= 0.6 is 0 Å². The number of cyclic esters (lactones) is 1. The number of piperidine rings is 1. The summed E-state index contributed by atoms with van der Waals surface area (Å²) in [6.07, 6.45) is 5.15. The minimum absolute atomic E-state index is 0. The van der Waals surface area contributed by atoms with E-state index in [2.05, 4.69) is 15.6 Å². The summed E-state index contributed by atoms with van der Waals surface area (Å²) in [4.78, 5) is 41.2. The van der Waals surface area contributed by atoms with E-state index in [1.165, 1.54) is 6.07 Å². The molecule has 48 heavy (non-hydrogen) atoms. The number of ether oxygens (including phenoxy) is 2. The molecule has 1 aromatic carbocycles. The van der Waals surface area contributed by atoms with E-state index in [0.717, 1.165) is 0 Å². The normalized spacial score (nSPS) is 27.3. The molecule has 4 heterocycles. The molecule has 0 spiro atoms. The summed E-state index contributed by atoms with van der Waals surface area (Å²) >= 11 is 0. The minimum atomic E-state index is -0.898. The highest BCUT2D eigenvalue weighted by Gasteiger charge is 2.29. The van der Waals surface area contributed by atoms with Crippen molar-refractivity contribution in [3.63, 3.8) is 0 Å². The average Bonchev–Trinajstić information content (AvgIpc) is 3.48. The summed E-state index contributed by atoms with van der Waals surface area (Å²) in [5, 5.41) is 22.2. The largest absolute Gasteiger partial charge is 0.457 e. The molecule has 0 unspecified atom stereocenters. The van der Waals surface area contributed by atoms with Gasteiger partial charge < -0.3 is 29.7 Å². The second kappa shape index (κ2) is 16.5. The van der Waals surface area contributed by atoms with E-state index in [1.807, 2.05) is 39.0 Å². The average molecular weight is 671 g/mol. The second-order valence-corrected chi connectivity index (χ2v) is 13.2. The lowest BCUT2D eigenvalue weighted by molar-refractivity contribution is -0.151. The van der Waals surface area contributed by atoms with Crippen LogP contribution in [0.25, 0.3) is 17.1 Å². The summed E-state index contributed by atoms with van der Waals surface area (Å²) in [7, 11) is 0. The first-order chi connectivity index (χ1) is 22.5. The van der Waals surface area contributed by atoms with Crippen LogP contribution in [0, 0.1) is 17.7 Å². The summed E-state index contributed by atoms with van der Waals surface area (Å²) in [5.74, 6) is -1.41. The first-order valence-corrected chi connectivity index (χ1v) is 16.7. The number of rotatable bonds is 4. The molecule has 0 saturated carbocycles. The molecule has 2 aromatic rings. The molecule has 3 aliphatic rings. The van der Waals surface area contributed by atoms with Crippen LogP contribution in [0.5, 0.6) is 0 Å². The second-order valence-electron chi connectivity index (χ2n) is 13.2. The lowest BCUT2D eigenvalue weighted by Gasteiger charge is -2.31. The van der Waals surface area contributed by atoms with Crippen LogP contribution in [0.2, 0.25) is 0 Å². The topological polar surface area (TPSA) is 139 Å². The molecule has 5 atom stereocenters. The summed E-state index contributed by atoms with van der Waals surface area (Å²) in [6.45, 7) is 11.0. The number of nitrogens with one attached hydrogen (secondary N) is 1. The molecular formula is C35H51FN6O6. The van der Waals surface area contributed by atoms with Gasteiger partial charge in [-0.1, -0.05) is 38.6 Å². The first kappa shape index (κ1) is 37.0. The number of carbonyl (C=O) groups is 3. The highest BCUT2D eigenvalue weighted by Crippen LogP contribution is 2.30. The predicted molar refractivity (Wildman–Crippen MR) is 180 cm³/mol. The molecule has 2 saturated heterocycles. The van der Waals surface area contributed by atoms with Crippen LogP contribution in [0.4, 0.5) is 9.18 Å². The van der Waals surface area contributed by atoms with E-state index in [-0.39, 0.29) is 49.2 Å². The fourth-order valence-electron chi connectivity index (χ4n) is 6.63. The third kappa shape index (κ3) is 8.98. The van der Waals surface area contributed by atoms with E-state index >= 15 is 4.39 Å². The molecule has 2 amide bonds. The van der Waals surface area contributed by atoms with E-state index in [9.17, 15) is 19.5 Å². The molecule has 0 bridgehead atoms. The van der Waals surface area contributed by atoms with Gasteiger partial charge in [0, 0.05) is 52.1 Å². The summed E-state index contributed by atoms with van der Waals surface area (Å²) in [6, 6.07) is 3.20. The third-order valence-electron chi connectivity index (χ3n) is 9.52. The summed E-state index contributed by atoms with van der Waals surface area (Å²) in [5.41, 5.74) is 1.97. The van der Waals surface area contributed by atoms with Crippen molar-refractivity contribution in [2.45, 2.75) is 91.6 Å². The number of hydrogen-bond donors (Lipinski definition) is 2. The summed E-state index contributed by atoms with van der Waals surface area (Å²) < 4.78 is 29.0. The Morgan fingerprint density at radius 3 is 2.44 bits per heavy atom. The zero-order valence-corrected chi connectivity index (χ0v) is 27.7. The zero-order chi connectivity index (χ0) is 33.7. The van der Waals surface area contributed by atoms with Crippen LogP contribution in [-0.2, 0) is 19.1 Å². The van der Waals surface area contributed by atoms with Crippen molar-refractivity contribution in [1.82, 2.24) is 30.1 Å². The van der Waals surface area contributed by atoms with Crippen molar-refractivity contribution in [3.8, 4) is 0 Å². The highest BCUT2D eigenvalue weighted by atomic mass is 19.1. The molecule has 2 N–H and O–H groups in total. The highest BCUT2D eigenvalue weighted by molar-refractivity contribution is 5.79. The van der Waals surface area contributed by atoms with Crippen LogP contribution in [-0.4, -0.2) is 105 Å². The van der Waals surface area contributed by atoms with Gasteiger partial charge in [-0.05, 0) is 67.9 Å². The maximum absolute atomic E-state index is 15.3. The number of aliphatic hydroxyl groups is 1. The number of hydrogen-bond acceptors (Lipinski definition) is 9. The lowest BCUT2D eigenvalue weighted by Crippen LogP contribution is -2.47. The standard InChI is InChI=1S/C34H47FN6O6.CH4/c1-21-5-7-27(43)20-31(44)47-33(22(2)6-8-30(21)46-34(45)40-15-11-36-12-16-40)23(3)17-25-18-28(35)32-29(19-25)41(38-37-32)26-9-13-39(14-10-26)24(4)42;/h6,8,17-19,21-22,26-27,30,33,36,43H,5,7,9-16,20H2,1-4H3;1H4/b8-6+,23-17+;/t21-,22-,27+,30-,33-;/m0./s1. The van der Waals surface area contributed by atoms with Crippen molar-refractivity contribution in [1.29, 1.82) is 0 Å². The molecule has 3 aliphatic heterocycles. The van der Waals surface area contributed by atoms with Crippen LogP contribution in [0.3, 0.4) is 0 Å². The van der Waals surface area contributed by atoms with E-state index < -0.39 is 30.1 Å². The number of aliphatic hydroxyl groups excluding tert-OH is 1. The number of likely N-dealkylation sites (tertiary alicyclic amines) is 1. The van der Waals surface area contributed by atoms with Gasteiger partial charge in [-0.25, -0.2) is 13.9 Å². The Balaban J connectivity index is 0.00000520. The first-order valence-electron chi connectivity index (χ1n) is 16.7. The van der Waals surface area contributed by atoms with Crippen molar-refractivity contribution in [3.05, 3.63) is 41.2 Å². The van der Waals surface area contributed by atoms with Crippen LogP contribution in [0.15, 0.2) is 29.9 Å². The maximum atomic E-state index is 15.3. The van der Waals surface area contributed by atoms with Gasteiger partial charge in [0.05, 0.1) is 24.1 Å². The van der Waals surface area contributed by atoms with E-state index in [1.54, 1.807) is 27.5 Å². The van der Waals surface area contributed by atoms with Crippen molar-refractivity contribution < 1.29 is 33.4 Å². The number of benzene rings is 1. The van der Waals surface area contributed by atoms with E-state index in [4.69, 9.17) is 9.47 Å². The predicted octanol–water partition coefficient (Wildman–Crippen LogP) is 4.49. The van der Waals surface area contributed by atoms with Crippen molar-refractivity contribution >= 4 is 35.1 Å². The number of esters is 1. The van der Waals surface area contributed by atoms with Crippen molar-refractivity contribution in [2.75, 3.05) is 39.3 Å². The van der Waals surface area contributed by atoms with Gasteiger partial charge in [-0.3, -0.25) is 9.59 Å². The fourth-order valence-corrected chi connectivity index (χ4v) is 6.63. The van der Waals surface area contributed by atoms with Gasteiger partial charge in [-0.2, -0.15) is 0 Å². The van der Waals surface area contributed by atoms with Gasteiger partial charge in [0.2, 0.25) is 5.91 Å². The number of carbonyl (C=O) groups excluding carboxylic acids is 3. The Kier molecular flexibility index (Phi) is 12.7. The molecule has 5 rings (SSSR count). The maximum Gasteiger partial charge on any atom is 0.410 e. The number of nitrogens with zero attached hydrogens (tertiary/aromatic N) is 5. The Hall–Kier alpha value is -3.84. The number of amides is 2. The molecule has 0 aliphatic carbocycles. The Labute approximate surface area is 282 Å². The molecule has 264 valence electrons. The molecule has 1 aromatic heterocycles. The van der Waals surface area contributed by atoms with Gasteiger partial charge in [0.1, 0.15) is 17.7 Å². The quantitative estimate of drug-likeness (QED) is 0.356. The number of halogens is 1. The smallest absolute Gasteiger partial charge is 0.410 e. The number of aromatic nitrogens is 3. The van der Waals surface area contributed by atoms with Gasteiger partial charge in [0.25, 0.3) is 0 Å². The zero-order valence-electron chi connectivity index (χ0n) is 27.7. The molecule has 12 nitrogen and oxygen atoms in total. The lowest BCUT2D eigenvalue weighted by atomic mass is 9.91. The molecule has 0 radical (unpaired) electrons. The van der Waals surface area contributed by atoms with E-state index in [0.29, 0.717) is 81.6 Å². The molecular weight excluding hydrogens is 619 g/mol. The Morgan fingerprint density at radius 1 is 1.04 bits per heavy atom. The van der Waals surface area contributed by atoms with Gasteiger partial charge >= 0.3 is 12.1 Å². The van der Waals surface area contributed by atoms with Gasteiger partial charge in [-0.15, -0.1) is 5.10 Å².